The van der Waals surface area contributed by atoms with Crippen LogP contribution in [-0.2, 0) is 11.3 Å². The Bertz CT molecular complexity index is 587. The summed E-state index contributed by atoms with van der Waals surface area (Å²) in [5, 5.41) is 6.69. The maximum atomic E-state index is 11.9. The second kappa shape index (κ2) is 5.96. The molecular formula is C13H16N4O3. The van der Waals surface area contributed by atoms with Gasteiger partial charge in [0.25, 0.3) is 0 Å². The predicted molar refractivity (Wildman–Crippen MR) is 74.8 cm³/mol. The standard InChI is InChI=1S/C13H16N4O3/c1-19-10-5-9(6-11(7-10)20-2)15-13(18)8-17-4-3-12(14)16-17/h3-7H,8H2,1-2H3,(H2,14,16)(H,15,18). The van der Waals surface area contributed by atoms with Crippen molar-refractivity contribution >= 4 is 17.4 Å². The lowest BCUT2D eigenvalue weighted by Gasteiger charge is -2.09. The van der Waals surface area contributed by atoms with Gasteiger partial charge in [-0.05, 0) is 6.07 Å². The first-order valence-electron chi connectivity index (χ1n) is 5.92. The fourth-order valence-corrected chi connectivity index (χ4v) is 1.69. The third-order valence-corrected chi connectivity index (χ3v) is 2.60. The van der Waals surface area contributed by atoms with E-state index in [-0.39, 0.29) is 12.5 Å². The Morgan fingerprint density at radius 1 is 1.30 bits per heavy atom. The maximum Gasteiger partial charge on any atom is 0.246 e. The summed E-state index contributed by atoms with van der Waals surface area (Å²) in [6, 6.07) is 6.77. The van der Waals surface area contributed by atoms with Crippen molar-refractivity contribution in [2.75, 3.05) is 25.3 Å². The molecule has 106 valence electrons. The Hall–Kier alpha value is -2.70. The molecule has 0 radical (unpaired) electrons. The number of nitrogen functional groups attached to an aromatic ring is 1. The summed E-state index contributed by atoms with van der Waals surface area (Å²) < 4.78 is 11.7. The molecule has 0 aliphatic heterocycles. The van der Waals surface area contributed by atoms with Gasteiger partial charge in [0.2, 0.25) is 5.91 Å². The van der Waals surface area contributed by atoms with Gasteiger partial charge in [0, 0.05) is 30.1 Å². The highest BCUT2D eigenvalue weighted by molar-refractivity contribution is 5.91. The number of carbonyl (C=O) groups is 1. The first-order chi connectivity index (χ1) is 9.60. The van der Waals surface area contributed by atoms with Crippen molar-refractivity contribution in [1.29, 1.82) is 0 Å². The number of carbonyl (C=O) groups excluding carboxylic acids is 1. The third-order valence-electron chi connectivity index (χ3n) is 2.60. The van der Waals surface area contributed by atoms with Crippen LogP contribution in [-0.4, -0.2) is 29.9 Å². The number of methoxy groups -OCH3 is 2. The molecule has 0 aliphatic rings. The van der Waals surface area contributed by atoms with E-state index in [4.69, 9.17) is 15.2 Å². The lowest BCUT2D eigenvalue weighted by atomic mass is 10.2. The van der Waals surface area contributed by atoms with Crippen LogP contribution in [0.4, 0.5) is 11.5 Å². The maximum absolute atomic E-state index is 11.9. The zero-order valence-electron chi connectivity index (χ0n) is 11.3. The molecule has 0 saturated carbocycles. The van der Waals surface area contributed by atoms with Crippen LogP contribution in [0.1, 0.15) is 0 Å². The monoisotopic (exact) mass is 276 g/mol. The predicted octanol–water partition coefficient (Wildman–Crippen LogP) is 1.12. The molecule has 0 atom stereocenters. The zero-order valence-corrected chi connectivity index (χ0v) is 11.3. The lowest BCUT2D eigenvalue weighted by Crippen LogP contribution is -2.19. The molecule has 20 heavy (non-hydrogen) atoms. The fraction of sp³-hybridized carbons (Fsp3) is 0.231. The van der Waals surface area contributed by atoms with E-state index in [2.05, 4.69) is 10.4 Å². The normalized spacial score (nSPS) is 10.1. The van der Waals surface area contributed by atoms with E-state index in [1.165, 1.54) is 4.68 Å². The minimum Gasteiger partial charge on any atom is -0.497 e. The minimum atomic E-state index is -0.219. The highest BCUT2D eigenvalue weighted by atomic mass is 16.5. The molecule has 1 aromatic heterocycles. The molecule has 3 N–H and O–H groups in total. The quantitative estimate of drug-likeness (QED) is 0.854. The van der Waals surface area contributed by atoms with Crippen molar-refractivity contribution in [2.24, 2.45) is 0 Å². The summed E-state index contributed by atoms with van der Waals surface area (Å²) in [6.07, 6.45) is 1.64. The third kappa shape index (κ3) is 3.41. The Morgan fingerprint density at radius 3 is 2.45 bits per heavy atom. The number of aromatic nitrogens is 2. The number of hydrogen-bond acceptors (Lipinski definition) is 5. The van der Waals surface area contributed by atoms with E-state index in [9.17, 15) is 4.79 Å². The van der Waals surface area contributed by atoms with Crippen LogP contribution in [0, 0.1) is 0 Å². The second-order valence-corrected chi connectivity index (χ2v) is 4.09. The SMILES string of the molecule is COc1cc(NC(=O)Cn2ccc(N)n2)cc(OC)c1. The first kappa shape index (κ1) is 13.7. The van der Waals surface area contributed by atoms with E-state index in [0.29, 0.717) is 23.0 Å². The molecule has 0 saturated heterocycles. The molecule has 7 nitrogen and oxygen atoms in total. The smallest absolute Gasteiger partial charge is 0.246 e. The largest absolute Gasteiger partial charge is 0.497 e. The highest BCUT2D eigenvalue weighted by Gasteiger charge is 2.07. The number of ether oxygens (including phenoxy) is 2. The van der Waals surface area contributed by atoms with E-state index in [1.807, 2.05) is 0 Å². The van der Waals surface area contributed by atoms with Gasteiger partial charge < -0.3 is 20.5 Å². The zero-order chi connectivity index (χ0) is 14.5. The number of nitrogens with one attached hydrogen (secondary N) is 1. The van der Waals surface area contributed by atoms with Gasteiger partial charge in [0.05, 0.1) is 14.2 Å². The van der Waals surface area contributed by atoms with Crippen LogP contribution >= 0.6 is 0 Å². The molecule has 1 amide bonds. The van der Waals surface area contributed by atoms with Gasteiger partial charge in [-0.15, -0.1) is 0 Å². The molecule has 0 aliphatic carbocycles. The van der Waals surface area contributed by atoms with Gasteiger partial charge in [-0.1, -0.05) is 0 Å². The Labute approximate surface area is 116 Å². The van der Waals surface area contributed by atoms with Crippen LogP contribution in [0.2, 0.25) is 0 Å². The van der Waals surface area contributed by atoms with E-state index < -0.39 is 0 Å². The second-order valence-electron chi connectivity index (χ2n) is 4.09. The number of nitrogens with zero attached hydrogens (tertiary/aromatic N) is 2. The molecule has 2 aromatic rings. The van der Waals surface area contributed by atoms with Crippen molar-refractivity contribution < 1.29 is 14.3 Å². The van der Waals surface area contributed by atoms with Crippen molar-refractivity contribution in [3.05, 3.63) is 30.5 Å². The lowest BCUT2D eigenvalue weighted by molar-refractivity contribution is -0.116. The van der Waals surface area contributed by atoms with E-state index in [1.54, 1.807) is 44.7 Å². The summed E-state index contributed by atoms with van der Waals surface area (Å²) >= 11 is 0. The summed E-state index contributed by atoms with van der Waals surface area (Å²) in [6.45, 7) is 0.0801. The topological polar surface area (TPSA) is 91.4 Å². The van der Waals surface area contributed by atoms with Crippen LogP contribution in [0.15, 0.2) is 30.5 Å². The van der Waals surface area contributed by atoms with Gasteiger partial charge in [-0.25, -0.2) is 0 Å². The Balaban J connectivity index is 2.07. The van der Waals surface area contributed by atoms with Crippen molar-refractivity contribution in [3.63, 3.8) is 0 Å². The van der Waals surface area contributed by atoms with Gasteiger partial charge in [-0.3, -0.25) is 9.48 Å². The van der Waals surface area contributed by atoms with Gasteiger partial charge in [0.15, 0.2) is 0 Å². The number of amides is 1. The molecule has 1 heterocycles. The molecule has 0 bridgehead atoms. The van der Waals surface area contributed by atoms with Gasteiger partial charge in [0.1, 0.15) is 23.9 Å². The molecule has 0 unspecified atom stereocenters. The van der Waals surface area contributed by atoms with Crippen LogP contribution in [0.3, 0.4) is 0 Å². The van der Waals surface area contributed by atoms with Crippen molar-refractivity contribution in [1.82, 2.24) is 9.78 Å². The Kier molecular flexibility index (Phi) is 4.09. The van der Waals surface area contributed by atoms with E-state index >= 15 is 0 Å². The number of hydrogen-bond donors (Lipinski definition) is 2. The minimum absolute atomic E-state index is 0.0801. The summed E-state index contributed by atoms with van der Waals surface area (Å²) in [7, 11) is 3.10. The number of anilines is 2. The van der Waals surface area contributed by atoms with Crippen molar-refractivity contribution in [2.45, 2.75) is 6.54 Å². The number of nitrogens with two attached hydrogens (primary N) is 1. The summed E-state index contributed by atoms with van der Waals surface area (Å²) in [4.78, 5) is 11.9. The molecule has 0 fully saturated rings. The number of rotatable bonds is 5. The van der Waals surface area contributed by atoms with E-state index in [0.717, 1.165) is 0 Å². The fourth-order valence-electron chi connectivity index (χ4n) is 1.69. The van der Waals surface area contributed by atoms with Crippen molar-refractivity contribution in [3.8, 4) is 11.5 Å². The van der Waals surface area contributed by atoms with Crippen LogP contribution in [0.5, 0.6) is 11.5 Å². The highest BCUT2D eigenvalue weighted by Crippen LogP contribution is 2.25. The summed E-state index contributed by atoms with van der Waals surface area (Å²) in [5.41, 5.74) is 6.08. The summed E-state index contributed by atoms with van der Waals surface area (Å²) in [5.74, 6) is 1.36. The first-order valence-corrected chi connectivity index (χ1v) is 5.92. The van der Waals surface area contributed by atoms with Gasteiger partial charge >= 0.3 is 0 Å². The molecule has 2 rings (SSSR count). The van der Waals surface area contributed by atoms with Crippen LogP contribution < -0.4 is 20.5 Å². The van der Waals surface area contributed by atoms with Crippen LogP contribution in [0.25, 0.3) is 0 Å². The molecule has 0 spiro atoms. The molecule has 1 aromatic carbocycles. The number of benzene rings is 1. The van der Waals surface area contributed by atoms with Gasteiger partial charge in [-0.2, -0.15) is 5.10 Å². The molecule has 7 heteroatoms. The molecular weight excluding hydrogens is 260 g/mol. The Morgan fingerprint density at radius 2 is 1.95 bits per heavy atom. The average Bonchev–Trinajstić information content (AvgIpc) is 2.83. The average molecular weight is 276 g/mol.